The smallest absolute Gasteiger partial charge is 0.138 e. The Morgan fingerprint density at radius 3 is 2.55 bits per heavy atom. The lowest BCUT2D eigenvalue weighted by Gasteiger charge is -2.35. The third-order valence-corrected chi connectivity index (χ3v) is 6.31. The number of aliphatic hydroxyl groups is 2. The maximum Gasteiger partial charge on any atom is 0.138 e. The summed E-state index contributed by atoms with van der Waals surface area (Å²) in [4.78, 5) is 9.29. The van der Waals surface area contributed by atoms with Gasteiger partial charge in [-0.2, -0.15) is 0 Å². The van der Waals surface area contributed by atoms with Crippen LogP contribution in [0.5, 0.6) is 5.75 Å². The van der Waals surface area contributed by atoms with Gasteiger partial charge in [-0.1, -0.05) is 29.8 Å². The SMILES string of the molecule is COc1cc2nc(C)nc(N[C@H](C)c3cccc(C)c3)c2cc1C1(O)CCC(O)CC1. The van der Waals surface area contributed by atoms with Gasteiger partial charge < -0.3 is 20.3 Å². The van der Waals surface area contributed by atoms with Gasteiger partial charge in [0.2, 0.25) is 0 Å². The fraction of sp³-hybridized carbons (Fsp3) is 0.440. The van der Waals surface area contributed by atoms with E-state index in [1.165, 1.54) is 11.1 Å². The van der Waals surface area contributed by atoms with Crippen LogP contribution in [-0.2, 0) is 5.60 Å². The molecule has 164 valence electrons. The Kier molecular flexibility index (Phi) is 5.86. The first kappa shape index (κ1) is 21.5. The van der Waals surface area contributed by atoms with Crippen molar-refractivity contribution in [2.45, 2.75) is 64.2 Å². The molecule has 1 saturated carbocycles. The molecule has 1 atom stereocenters. The minimum Gasteiger partial charge on any atom is -0.496 e. The van der Waals surface area contributed by atoms with E-state index in [2.05, 4.69) is 53.4 Å². The van der Waals surface area contributed by atoms with Crippen LogP contribution in [0, 0.1) is 13.8 Å². The van der Waals surface area contributed by atoms with E-state index in [1.807, 2.05) is 19.1 Å². The van der Waals surface area contributed by atoms with Crippen molar-refractivity contribution in [3.63, 3.8) is 0 Å². The van der Waals surface area contributed by atoms with Crippen LogP contribution in [-0.4, -0.2) is 33.4 Å². The number of hydrogen-bond donors (Lipinski definition) is 3. The van der Waals surface area contributed by atoms with Gasteiger partial charge in [-0.25, -0.2) is 9.97 Å². The second-order valence-corrected chi connectivity index (χ2v) is 8.73. The van der Waals surface area contributed by atoms with E-state index in [0.717, 1.165) is 22.3 Å². The Morgan fingerprint density at radius 2 is 1.87 bits per heavy atom. The highest BCUT2D eigenvalue weighted by Gasteiger charge is 2.37. The van der Waals surface area contributed by atoms with E-state index >= 15 is 0 Å². The van der Waals surface area contributed by atoms with Gasteiger partial charge in [0.25, 0.3) is 0 Å². The summed E-state index contributed by atoms with van der Waals surface area (Å²) in [5, 5.41) is 25.7. The highest BCUT2D eigenvalue weighted by atomic mass is 16.5. The lowest BCUT2D eigenvalue weighted by Crippen LogP contribution is -2.33. The Hall–Kier alpha value is -2.70. The molecule has 1 heterocycles. The molecule has 6 nitrogen and oxygen atoms in total. The number of aryl methyl sites for hydroxylation is 2. The predicted molar refractivity (Wildman–Crippen MR) is 122 cm³/mol. The molecule has 4 rings (SSSR count). The monoisotopic (exact) mass is 421 g/mol. The number of hydrogen-bond acceptors (Lipinski definition) is 6. The predicted octanol–water partition coefficient (Wildman–Crippen LogP) is 4.55. The van der Waals surface area contributed by atoms with Crippen LogP contribution in [0.1, 0.15) is 61.2 Å². The summed E-state index contributed by atoms with van der Waals surface area (Å²) < 4.78 is 5.64. The molecule has 0 amide bonds. The van der Waals surface area contributed by atoms with Crippen molar-refractivity contribution >= 4 is 16.7 Å². The summed E-state index contributed by atoms with van der Waals surface area (Å²) in [5.41, 5.74) is 2.85. The van der Waals surface area contributed by atoms with Crippen LogP contribution in [0.25, 0.3) is 10.9 Å². The molecule has 0 bridgehead atoms. The van der Waals surface area contributed by atoms with Crippen LogP contribution in [0.3, 0.4) is 0 Å². The van der Waals surface area contributed by atoms with Gasteiger partial charge in [0.15, 0.2) is 0 Å². The van der Waals surface area contributed by atoms with Gasteiger partial charge in [0.05, 0.1) is 24.3 Å². The third-order valence-electron chi connectivity index (χ3n) is 6.31. The number of nitrogens with zero attached hydrogens (tertiary/aromatic N) is 2. The molecule has 0 radical (unpaired) electrons. The van der Waals surface area contributed by atoms with Crippen molar-refractivity contribution in [3.8, 4) is 5.75 Å². The molecule has 31 heavy (non-hydrogen) atoms. The molecule has 6 heteroatoms. The van der Waals surface area contributed by atoms with Crippen molar-refractivity contribution in [3.05, 3.63) is 58.9 Å². The van der Waals surface area contributed by atoms with Crippen LogP contribution in [0.15, 0.2) is 36.4 Å². The molecule has 3 aromatic rings. The molecule has 2 aromatic carbocycles. The molecular formula is C25H31N3O3. The fourth-order valence-electron chi connectivity index (χ4n) is 4.49. The minimum atomic E-state index is -1.04. The molecule has 0 saturated heterocycles. The number of nitrogens with one attached hydrogen (secondary N) is 1. The molecular weight excluding hydrogens is 390 g/mol. The van der Waals surface area contributed by atoms with Crippen molar-refractivity contribution in [2.75, 3.05) is 12.4 Å². The van der Waals surface area contributed by atoms with Gasteiger partial charge in [-0.3, -0.25) is 0 Å². The molecule has 0 unspecified atom stereocenters. The summed E-state index contributed by atoms with van der Waals surface area (Å²) >= 11 is 0. The first-order chi connectivity index (χ1) is 14.8. The first-order valence-electron chi connectivity index (χ1n) is 10.9. The maximum atomic E-state index is 11.4. The van der Waals surface area contributed by atoms with Crippen LogP contribution >= 0.6 is 0 Å². The second kappa shape index (κ2) is 8.44. The largest absolute Gasteiger partial charge is 0.496 e. The van der Waals surface area contributed by atoms with E-state index < -0.39 is 5.60 Å². The summed E-state index contributed by atoms with van der Waals surface area (Å²) in [5.74, 6) is 2.02. The van der Waals surface area contributed by atoms with Gasteiger partial charge in [0.1, 0.15) is 17.4 Å². The van der Waals surface area contributed by atoms with Gasteiger partial charge in [0, 0.05) is 23.1 Å². The summed E-state index contributed by atoms with van der Waals surface area (Å²) in [6, 6.07) is 12.3. The lowest BCUT2D eigenvalue weighted by atomic mass is 9.78. The number of anilines is 1. The van der Waals surface area contributed by atoms with Gasteiger partial charge in [-0.05, 0) is 58.1 Å². The van der Waals surface area contributed by atoms with Crippen LogP contribution in [0.2, 0.25) is 0 Å². The number of methoxy groups -OCH3 is 1. The van der Waals surface area contributed by atoms with E-state index in [4.69, 9.17) is 4.74 Å². The molecule has 3 N–H and O–H groups in total. The normalized spacial score (nSPS) is 22.3. The number of fused-ring (bicyclic) bond motifs is 1. The molecule has 1 aliphatic carbocycles. The molecule has 1 aliphatic rings. The Balaban J connectivity index is 1.79. The quantitative estimate of drug-likeness (QED) is 0.560. The van der Waals surface area contributed by atoms with Crippen LogP contribution in [0.4, 0.5) is 5.82 Å². The molecule has 0 aliphatic heterocycles. The summed E-state index contributed by atoms with van der Waals surface area (Å²) in [7, 11) is 1.61. The zero-order chi connectivity index (χ0) is 22.2. The van der Waals surface area contributed by atoms with Crippen molar-refractivity contribution in [1.29, 1.82) is 0 Å². The standard InChI is InChI=1S/C25H31N3O3/c1-15-6-5-7-18(12-15)16(2)26-24-20-13-21(25(30)10-8-19(29)9-11-25)23(31-4)14-22(20)27-17(3)28-24/h5-7,12-14,16,19,29-30H,8-11H2,1-4H3,(H,26,27,28)/t16-,19?,25?/m1/s1. The maximum absolute atomic E-state index is 11.4. The Morgan fingerprint density at radius 1 is 1.13 bits per heavy atom. The lowest BCUT2D eigenvalue weighted by molar-refractivity contribution is -0.0373. The average Bonchev–Trinajstić information content (AvgIpc) is 2.75. The highest BCUT2D eigenvalue weighted by molar-refractivity contribution is 5.91. The van der Waals surface area contributed by atoms with Crippen LogP contribution < -0.4 is 10.1 Å². The van der Waals surface area contributed by atoms with E-state index in [0.29, 0.717) is 37.3 Å². The highest BCUT2D eigenvalue weighted by Crippen LogP contribution is 2.43. The van der Waals surface area contributed by atoms with Crippen molar-refractivity contribution in [1.82, 2.24) is 9.97 Å². The van der Waals surface area contributed by atoms with E-state index in [1.54, 1.807) is 7.11 Å². The fourth-order valence-corrected chi connectivity index (χ4v) is 4.49. The number of aromatic nitrogens is 2. The van der Waals surface area contributed by atoms with Crippen molar-refractivity contribution < 1.29 is 14.9 Å². The topological polar surface area (TPSA) is 87.5 Å². The number of rotatable bonds is 5. The summed E-state index contributed by atoms with van der Waals surface area (Å²) in [6.07, 6.45) is 1.76. The molecule has 1 fully saturated rings. The Labute approximate surface area is 183 Å². The third kappa shape index (κ3) is 4.36. The minimum absolute atomic E-state index is 0.0517. The zero-order valence-electron chi connectivity index (χ0n) is 18.6. The van der Waals surface area contributed by atoms with Crippen molar-refractivity contribution in [2.24, 2.45) is 0 Å². The second-order valence-electron chi connectivity index (χ2n) is 8.73. The van der Waals surface area contributed by atoms with E-state index in [-0.39, 0.29) is 12.1 Å². The average molecular weight is 422 g/mol. The van der Waals surface area contributed by atoms with Gasteiger partial charge >= 0.3 is 0 Å². The van der Waals surface area contributed by atoms with E-state index in [9.17, 15) is 10.2 Å². The molecule has 1 aromatic heterocycles. The molecule has 0 spiro atoms. The summed E-state index contributed by atoms with van der Waals surface area (Å²) in [6.45, 7) is 6.07. The zero-order valence-corrected chi connectivity index (χ0v) is 18.6. The Bertz CT molecular complexity index is 1090. The number of ether oxygens (including phenoxy) is 1. The first-order valence-corrected chi connectivity index (χ1v) is 10.9. The number of benzene rings is 2. The number of aliphatic hydroxyl groups excluding tert-OH is 1. The van der Waals surface area contributed by atoms with Gasteiger partial charge in [-0.15, -0.1) is 0 Å².